The van der Waals surface area contributed by atoms with Crippen LogP contribution in [0.3, 0.4) is 0 Å². The van der Waals surface area contributed by atoms with Gasteiger partial charge in [0.1, 0.15) is 12.1 Å². The van der Waals surface area contributed by atoms with E-state index < -0.39 is 5.91 Å². The van der Waals surface area contributed by atoms with E-state index in [1.54, 1.807) is 6.33 Å². The van der Waals surface area contributed by atoms with Gasteiger partial charge in [-0.25, -0.2) is 20.0 Å². The summed E-state index contributed by atoms with van der Waals surface area (Å²) in [5.41, 5.74) is 13.6. The van der Waals surface area contributed by atoms with E-state index in [1.165, 1.54) is 12.6 Å². The molecule has 104 valence electrons. The maximum Gasteiger partial charge on any atom is 0.307 e. The summed E-state index contributed by atoms with van der Waals surface area (Å²) in [4.78, 5) is 30.4. The molecule has 1 atom stereocenters. The van der Waals surface area contributed by atoms with E-state index in [-0.39, 0.29) is 11.8 Å². The van der Waals surface area contributed by atoms with Crippen molar-refractivity contribution in [2.45, 2.75) is 5.91 Å². The molecule has 11 heteroatoms. The lowest BCUT2D eigenvalue weighted by atomic mass is 10.3. The highest BCUT2D eigenvalue weighted by Gasteiger charge is 2.31. The summed E-state index contributed by atoms with van der Waals surface area (Å²) in [6.45, 7) is 0. The van der Waals surface area contributed by atoms with Gasteiger partial charge in [0.2, 0.25) is 5.52 Å². The molecule has 0 radical (unpaired) electrons. The van der Waals surface area contributed by atoms with Crippen molar-refractivity contribution in [3.63, 3.8) is 0 Å². The van der Waals surface area contributed by atoms with Gasteiger partial charge in [-0.3, -0.25) is 16.0 Å². The third-order valence-electron chi connectivity index (χ3n) is 2.92. The van der Waals surface area contributed by atoms with E-state index in [0.29, 0.717) is 22.7 Å². The summed E-state index contributed by atoms with van der Waals surface area (Å²) in [7, 11) is 0. The summed E-state index contributed by atoms with van der Waals surface area (Å²) in [6, 6.07) is 0. The predicted molar refractivity (Wildman–Crippen MR) is 77.3 cm³/mol. The average Bonchev–Trinajstić information content (AvgIpc) is 3.05. The number of nitrogen functional groups attached to an aromatic ring is 1. The summed E-state index contributed by atoms with van der Waals surface area (Å²) >= 11 is 0. The number of hydrogen-bond donors (Lipinski definition) is 4. The Kier molecular flexibility index (Phi) is 2.15. The van der Waals surface area contributed by atoms with Crippen LogP contribution in [0.5, 0.6) is 0 Å². The normalized spacial score (nSPS) is 23.1. The Labute approximate surface area is 117 Å². The fraction of sp³-hybridized carbons (Fsp3) is 0.100. The largest absolute Gasteiger partial charge is 0.380 e. The topological polar surface area (TPSA) is 169 Å². The Morgan fingerprint density at radius 1 is 1.33 bits per heavy atom. The number of rotatable bonds is 2. The smallest absolute Gasteiger partial charge is 0.307 e. The van der Waals surface area contributed by atoms with Crippen molar-refractivity contribution in [3.8, 4) is 0 Å². The maximum atomic E-state index is 6.05. The second-order valence-corrected chi connectivity index (χ2v) is 4.39. The third kappa shape index (κ3) is 1.83. The van der Waals surface area contributed by atoms with E-state index in [4.69, 9.17) is 11.5 Å². The predicted octanol–water partition coefficient (Wildman–Crippen LogP) is -1.70. The lowest BCUT2D eigenvalue weighted by Gasteiger charge is -2.23. The van der Waals surface area contributed by atoms with Crippen molar-refractivity contribution in [3.05, 3.63) is 6.33 Å². The number of amidine groups is 1. The zero-order chi connectivity index (χ0) is 14.4. The fourth-order valence-electron chi connectivity index (χ4n) is 1.98. The zero-order valence-corrected chi connectivity index (χ0v) is 10.6. The number of imidazole rings is 1. The molecule has 0 saturated heterocycles. The van der Waals surface area contributed by atoms with E-state index in [0.717, 1.165) is 0 Å². The van der Waals surface area contributed by atoms with Gasteiger partial charge in [-0.2, -0.15) is 9.98 Å². The molecule has 0 amide bonds. The van der Waals surface area contributed by atoms with Crippen molar-refractivity contribution in [1.82, 2.24) is 15.0 Å². The van der Waals surface area contributed by atoms with Gasteiger partial charge in [-0.1, -0.05) is 4.98 Å². The minimum absolute atomic E-state index is 0.196. The molecule has 2 aromatic heterocycles. The third-order valence-corrected chi connectivity index (χ3v) is 2.92. The second-order valence-electron chi connectivity index (χ2n) is 4.39. The highest BCUT2D eigenvalue weighted by Crippen LogP contribution is 2.18. The quantitative estimate of drug-likeness (QED) is 0.481. The number of aromatic amines is 2. The first-order valence-corrected chi connectivity index (χ1v) is 5.98. The Hall–Kier alpha value is -3.21. The summed E-state index contributed by atoms with van der Waals surface area (Å²) in [5, 5.41) is 2.82. The van der Waals surface area contributed by atoms with E-state index in [1.807, 2.05) is 0 Å². The Morgan fingerprint density at radius 2 is 2.24 bits per heavy atom. The van der Waals surface area contributed by atoms with E-state index >= 15 is 0 Å². The minimum atomic E-state index is -1.45. The molecule has 11 nitrogen and oxygen atoms in total. The van der Waals surface area contributed by atoms with Gasteiger partial charge in [-0.15, -0.1) is 0 Å². The number of hydrogen-bond acceptors (Lipinski definition) is 9. The van der Waals surface area contributed by atoms with Crippen molar-refractivity contribution in [2.75, 3.05) is 11.1 Å². The van der Waals surface area contributed by atoms with Crippen LogP contribution in [0, 0.1) is 0 Å². The van der Waals surface area contributed by atoms with Gasteiger partial charge in [-0.05, 0) is 0 Å². The molecule has 1 unspecified atom stereocenters. The number of nitrogens with zero attached hydrogens (tertiary/aromatic N) is 6. The number of nitrogens with one attached hydrogen (secondary N) is 3. The Morgan fingerprint density at radius 3 is 3.14 bits per heavy atom. The number of fused-ring (bicyclic) bond motifs is 2. The monoisotopic (exact) mass is 284 g/mol. The summed E-state index contributed by atoms with van der Waals surface area (Å²) in [6.07, 6.45) is 4.49. The average molecular weight is 284 g/mol. The molecule has 2 aromatic rings. The molecular weight excluding hydrogens is 274 g/mol. The Bertz CT molecular complexity index is 857. The van der Waals surface area contributed by atoms with Crippen LogP contribution >= 0.6 is 0 Å². The SMILES string of the molecule is Nc1nc(NC2(N)N=CC3=NC=NC3=N2)nc2[nH+]c[nH]c12. The van der Waals surface area contributed by atoms with E-state index in [9.17, 15) is 0 Å². The molecule has 0 fully saturated rings. The van der Waals surface area contributed by atoms with Crippen LogP contribution in [0.15, 0.2) is 26.3 Å². The molecule has 4 rings (SSSR count). The van der Waals surface area contributed by atoms with Gasteiger partial charge in [0.25, 0.3) is 5.91 Å². The number of anilines is 2. The molecule has 4 heterocycles. The molecule has 21 heavy (non-hydrogen) atoms. The van der Waals surface area contributed by atoms with Crippen molar-refractivity contribution < 1.29 is 4.98 Å². The Balaban J connectivity index is 1.71. The number of nitrogens with two attached hydrogens (primary N) is 2. The molecule has 0 spiro atoms. The van der Waals surface area contributed by atoms with Crippen LogP contribution in [0.2, 0.25) is 0 Å². The number of aromatic nitrogens is 4. The van der Waals surface area contributed by atoms with Gasteiger partial charge >= 0.3 is 11.6 Å². The molecule has 7 N–H and O–H groups in total. The van der Waals surface area contributed by atoms with Crippen LogP contribution in [0.25, 0.3) is 11.2 Å². The standard InChI is InChI=1S/C10H9N11/c11-6-5-8(16-3-14-5)19-9(18-6)21-10(12)17-1-4-7(20-10)15-2-13-4/h1-3H,12H2,(H4,11,14,16,18,19,21)/p+1. The van der Waals surface area contributed by atoms with Gasteiger partial charge in [0.05, 0.1) is 6.21 Å². The first-order chi connectivity index (χ1) is 10.1. The molecule has 0 saturated carbocycles. The maximum absolute atomic E-state index is 6.05. The van der Waals surface area contributed by atoms with Crippen LogP contribution in [-0.2, 0) is 0 Å². The van der Waals surface area contributed by atoms with Gasteiger partial charge in [0, 0.05) is 0 Å². The molecular formula is C10H10N11+. The van der Waals surface area contributed by atoms with Gasteiger partial charge < -0.3 is 5.73 Å². The van der Waals surface area contributed by atoms with Crippen LogP contribution in [0.4, 0.5) is 11.8 Å². The van der Waals surface area contributed by atoms with Crippen molar-refractivity contribution >= 4 is 47.0 Å². The second kappa shape index (κ2) is 3.89. The lowest BCUT2D eigenvalue weighted by Crippen LogP contribution is -2.48. The first-order valence-electron chi connectivity index (χ1n) is 5.98. The van der Waals surface area contributed by atoms with Crippen LogP contribution < -0.4 is 21.8 Å². The summed E-state index contributed by atoms with van der Waals surface area (Å²) < 4.78 is 0. The van der Waals surface area contributed by atoms with Gasteiger partial charge in [0.15, 0.2) is 18.0 Å². The minimum Gasteiger partial charge on any atom is -0.380 e. The number of aliphatic imine (C=N–C) groups is 4. The highest BCUT2D eigenvalue weighted by molar-refractivity contribution is 6.65. The van der Waals surface area contributed by atoms with Crippen LogP contribution in [0.1, 0.15) is 0 Å². The summed E-state index contributed by atoms with van der Waals surface area (Å²) in [5.74, 6) is -0.572. The highest BCUT2D eigenvalue weighted by atomic mass is 15.4. The lowest BCUT2D eigenvalue weighted by molar-refractivity contribution is -0.347. The molecule has 0 aromatic carbocycles. The fourth-order valence-corrected chi connectivity index (χ4v) is 1.98. The molecule has 0 aliphatic carbocycles. The molecule has 0 bridgehead atoms. The number of H-pyrrole nitrogens is 2. The van der Waals surface area contributed by atoms with Crippen LogP contribution in [-0.4, -0.2) is 45.0 Å². The molecule has 2 aliphatic heterocycles. The first kappa shape index (κ1) is 11.6. The van der Waals surface area contributed by atoms with Crippen molar-refractivity contribution in [1.29, 1.82) is 0 Å². The van der Waals surface area contributed by atoms with E-state index in [2.05, 4.69) is 45.2 Å². The zero-order valence-electron chi connectivity index (χ0n) is 10.6. The molecule has 2 aliphatic rings. The van der Waals surface area contributed by atoms with Crippen molar-refractivity contribution in [2.24, 2.45) is 25.7 Å².